The second-order valence-corrected chi connectivity index (χ2v) is 7.79. The van der Waals surface area contributed by atoms with E-state index in [-0.39, 0.29) is 6.61 Å². The van der Waals surface area contributed by atoms with Gasteiger partial charge in [0.05, 0.1) is 0 Å². The second kappa shape index (κ2) is 8.51. The van der Waals surface area contributed by atoms with Gasteiger partial charge in [0.15, 0.2) is 5.82 Å². The van der Waals surface area contributed by atoms with Gasteiger partial charge in [0.25, 0.3) is 0 Å². The third-order valence-electron chi connectivity index (χ3n) is 3.95. The number of thioether (sulfide) groups is 2. The first-order valence-corrected chi connectivity index (χ1v) is 10.4. The normalized spacial score (nSPS) is 10.9. The van der Waals surface area contributed by atoms with E-state index in [2.05, 4.69) is 53.7 Å². The van der Waals surface area contributed by atoms with Crippen LogP contribution in [0.15, 0.2) is 52.5 Å². The average Bonchev–Trinajstić information content (AvgIpc) is 2.99. The first kappa shape index (κ1) is 18.7. The van der Waals surface area contributed by atoms with Gasteiger partial charge < -0.3 is 10.6 Å². The summed E-state index contributed by atoms with van der Waals surface area (Å²) in [5.74, 6) is 8.36. The van der Waals surface area contributed by atoms with Crippen molar-refractivity contribution in [1.82, 2.24) is 14.9 Å². The number of nitrogen functional groups attached to an aromatic ring is 1. The van der Waals surface area contributed by atoms with Gasteiger partial charge >= 0.3 is 0 Å². The summed E-state index contributed by atoms with van der Waals surface area (Å²) in [6.07, 6.45) is 2.07. The van der Waals surface area contributed by atoms with Crippen molar-refractivity contribution in [2.45, 2.75) is 36.3 Å². The number of rotatable bonds is 7. The molecule has 0 atom stereocenters. The Morgan fingerprint density at radius 3 is 2.54 bits per heavy atom. The van der Waals surface area contributed by atoms with Crippen molar-refractivity contribution >= 4 is 23.5 Å². The third kappa shape index (κ3) is 4.53. The fraction of sp³-hybridized carbons (Fsp3) is 0.263. The maximum Gasteiger partial charge on any atom is 0.210 e. The third-order valence-corrected chi connectivity index (χ3v) is 5.71. The number of benzene rings is 2. The lowest BCUT2D eigenvalue weighted by atomic mass is 10.1. The molecule has 26 heavy (non-hydrogen) atoms. The van der Waals surface area contributed by atoms with Gasteiger partial charge in [-0.25, -0.2) is 4.68 Å². The van der Waals surface area contributed by atoms with Crippen molar-refractivity contribution in [2.75, 3.05) is 12.1 Å². The molecule has 7 heteroatoms. The standard InChI is InChI=1S/C19H22N4OS2/c1-13-4-9-17(14(2)10-13)24-11-18-21-22-19(23(18)20)26-12-15-5-7-16(25-3)8-6-15/h4-10H,11-12,20H2,1-3H3. The molecule has 0 aliphatic carbocycles. The highest BCUT2D eigenvalue weighted by molar-refractivity contribution is 7.98. The Hall–Kier alpha value is -2.12. The van der Waals surface area contributed by atoms with Crippen molar-refractivity contribution in [1.29, 1.82) is 0 Å². The van der Waals surface area contributed by atoms with Gasteiger partial charge in [-0.15, -0.1) is 22.0 Å². The zero-order chi connectivity index (χ0) is 18.5. The predicted molar refractivity (Wildman–Crippen MR) is 108 cm³/mol. The summed E-state index contributed by atoms with van der Waals surface area (Å²) < 4.78 is 7.35. The van der Waals surface area contributed by atoms with Gasteiger partial charge in [-0.05, 0) is 49.4 Å². The summed E-state index contributed by atoms with van der Waals surface area (Å²) in [6, 6.07) is 14.6. The van der Waals surface area contributed by atoms with Gasteiger partial charge in [0.2, 0.25) is 5.16 Å². The van der Waals surface area contributed by atoms with E-state index in [4.69, 9.17) is 10.6 Å². The molecular weight excluding hydrogens is 364 g/mol. The van der Waals surface area contributed by atoms with E-state index >= 15 is 0 Å². The van der Waals surface area contributed by atoms with E-state index in [0.717, 1.165) is 17.1 Å². The lowest BCUT2D eigenvalue weighted by Crippen LogP contribution is -2.16. The van der Waals surface area contributed by atoms with Crippen molar-refractivity contribution in [2.24, 2.45) is 0 Å². The molecule has 0 amide bonds. The number of hydrogen-bond donors (Lipinski definition) is 1. The SMILES string of the molecule is CSc1ccc(CSc2nnc(COc3ccc(C)cc3C)n2N)cc1. The van der Waals surface area contributed by atoms with Crippen molar-refractivity contribution < 1.29 is 4.74 Å². The second-order valence-electron chi connectivity index (χ2n) is 5.96. The zero-order valence-electron chi connectivity index (χ0n) is 15.1. The average molecular weight is 387 g/mol. The minimum atomic E-state index is 0.288. The van der Waals surface area contributed by atoms with Crippen LogP contribution < -0.4 is 10.6 Å². The van der Waals surface area contributed by atoms with Crippen LogP contribution in [-0.2, 0) is 12.4 Å². The van der Waals surface area contributed by atoms with E-state index in [1.807, 2.05) is 19.1 Å². The first-order valence-electron chi connectivity index (χ1n) is 8.22. The molecule has 0 radical (unpaired) electrons. The molecule has 2 aromatic carbocycles. The number of nitrogens with zero attached hydrogens (tertiary/aromatic N) is 3. The van der Waals surface area contributed by atoms with Crippen LogP contribution in [-0.4, -0.2) is 21.1 Å². The Morgan fingerprint density at radius 1 is 1.08 bits per heavy atom. The van der Waals surface area contributed by atoms with Gasteiger partial charge in [-0.1, -0.05) is 41.6 Å². The van der Waals surface area contributed by atoms with Crippen LogP contribution in [0, 0.1) is 13.8 Å². The molecule has 1 heterocycles. The first-order chi connectivity index (χ1) is 12.6. The van der Waals surface area contributed by atoms with Gasteiger partial charge in [-0.2, -0.15) is 0 Å². The van der Waals surface area contributed by atoms with Crippen LogP contribution in [0.5, 0.6) is 5.75 Å². The van der Waals surface area contributed by atoms with Crippen LogP contribution in [0.4, 0.5) is 0 Å². The number of nitrogens with two attached hydrogens (primary N) is 1. The Balaban J connectivity index is 1.60. The molecule has 0 fully saturated rings. The molecule has 0 aliphatic heterocycles. The molecule has 3 aromatic rings. The summed E-state index contributed by atoms with van der Waals surface area (Å²) in [7, 11) is 0. The highest BCUT2D eigenvalue weighted by Crippen LogP contribution is 2.23. The summed E-state index contributed by atoms with van der Waals surface area (Å²) in [5, 5.41) is 9.02. The largest absolute Gasteiger partial charge is 0.485 e. The van der Waals surface area contributed by atoms with Crippen molar-refractivity contribution in [3.63, 3.8) is 0 Å². The summed E-state index contributed by atoms with van der Waals surface area (Å²) in [5.41, 5.74) is 3.53. The molecule has 0 saturated heterocycles. The van der Waals surface area contributed by atoms with Crippen LogP contribution in [0.3, 0.4) is 0 Å². The number of aryl methyl sites for hydroxylation is 2. The summed E-state index contributed by atoms with van der Waals surface area (Å²) >= 11 is 3.30. The zero-order valence-corrected chi connectivity index (χ0v) is 16.7. The van der Waals surface area contributed by atoms with Crippen molar-refractivity contribution in [3.8, 4) is 5.75 Å². The maximum absolute atomic E-state index is 6.13. The van der Waals surface area contributed by atoms with Crippen LogP contribution in [0.25, 0.3) is 0 Å². The van der Waals surface area contributed by atoms with Crippen LogP contribution in [0.1, 0.15) is 22.5 Å². The minimum Gasteiger partial charge on any atom is -0.485 e. The summed E-state index contributed by atoms with van der Waals surface area (Å²) in [4.78, 5) is 1.26. The highest BCUT2D eigenvalue weighted by Gasteiger charge is 2.12. The van der Waals surface area contributed by atoms with Gasteiger partial charge in [-0.3, -0.25) is 0 Å². The minimum absolute atomic E-state index is 0.288. The molecule has 0 unspecified atom stereocenters. The molecule has 0 aliphatic rings. The van der Waals surface area contributed by atoms with Crippen molar-refractivity contribution in [3.05, 3.63) is 65.0 Å². The van der Waals surface area contributed by atoms with E-state index in [1.165, 1.54) is 20.7 Å². The lowest BCUT2D eigenvalue weighted by molar-refractivity contribution is 0.289. The van der Waals surface area contributed by atoms with Gasteiger partial charge in [0, 0.05) is 10.6 Å². The van der Waals surface area contributed by atoms with Crippen LogP contribution >= 0.6 is 23.5 Å². The molecule has 0 bridgehead atoms. The highest BCUT2D eigenvalue weighted by atomic mass is 32.2. The fourth-order valence-corrected chi connectivity index (χ4v) is 3.72. The predicted octanol–water partition coefficient (Wildman–Crippen LogP) is 4.20. The Labute approximate surface area is 162 Å². The molecule has 0 spiro atoms. The van der Waals surface area contributed by atoms with Crippen LogP contribution in [0.2, 0.25) is 0 Å². The molecule has 5 nitrogen and oxygen atoms in total. The number of aromatic nitrogens is 3. The van der Waals surface area contributed by atoms with E-state index in [1.54, 1.807) is 23.5 Å². The molecule has 0 saturated carbocycles. The maximum atomic E-state index is 6.13. The van der Waals surface area contributed by atoms with E-state index in [0.29, 0.717) is 11.0 Å². The van der Waals surface area contributed by atoms with Gasteiger partial charge in [0.1, 0.15) is 12.4 Å². The Morgan fingerprint density at radius 2 is 1.85 bits per heavy atom. The van der Waals surface area contributed by atoms with E-state index in [9.17, 15) is 0 Å². The lowest BCUT2D eigenvalue weighted by Gasteiger charge is -2.09. The molecule has 2 N–H and O–H groups in total. The quantitative estimate of drug-likeness (QED) is 0.485. The molecular formula is C19H22N4OS2. The monoisotopic (exact) mass is 386 g/mol. The Bertz CT molecular complexity index is 878. The molecule has 3 rings (SSSR count). The van der Waals surface area contributed by atoms with E-state index < -0.39 is 0 Å². The summed E-state index contributed by atoms with van der Waals surface area (Å²) in [6.45, 7) is 4.38. The Kier molecular flexibility index (Phi) is 6.11. The number of hydrogen-bond acceptors (Lipinski definition) is 6. The fourth-order valence-electron chi connectivity index (χ4n) is 2.48. The molecule has 136 valence electrons. The topological polar surface area (TPSA) is 66.0 Å². The molecule has 1 aromatic heterocycles. The number of ether oxygens (including phenoxy) is 1. The smallest absolute Gasteiger partial charge is 0.210 e.